The van der Waals surface area contributed by atoms with Gasteiger partial charge in [0.25, 0.3) is 10.1 Å². The number of benzene rings is 1. The fourth-order valence-corrected chi connectivity index (χ4v) is 8.82. The third kappa shape index (κ3) is 17.9. The Morgan fingerprint density at radius 3 is 1.42 bits per heavy atom. The molecule has 0 fully saturated rings. The lowest BCUT2D eigenvalue weighted by atomic mass is 10.0. The van der Waals surface area contributed by atoms with Gasteiger partial charge in [-0.15, -0.1) is 0 Å². The van der Waals surface area contributed by atoms with Crippen LogP contribution in [0, 0.1) is 0 Å². The van der Waals surface area contributed by atoms with Gasteiger partial charge in [-0.05, 0) is 45.7 Å². The first-order chi connectivity index (χ1) is 17.4. The van der Waals surface area contributed by atoms with E-state index >= 15 is 0 Å². The van der Waals surface area contributed by atoms with E-state index in [0.29, 0.717) is 0 Å². The van der Waals surface area contributed by atoms with Crippen molar-refractivity contribution in [3.63, 3.8) is 0 Å². The first kappa shape index (κ1) is 35.6. The second-order valence-electron chi connectivity index (χ2n) is 10.2. The summed E-state index contributed by atoms with van der Waals surface area (Å²) in [7, 11) is -4.03. The average molecular weight is 544 g/mol. The number of hydrogen-bond acceptors (Lipinski definition) is 3. The molecule has 5 heteroatoms. The van der Waals surface area contributed by atoms with Crippen molar-refractivity contribution in [3.8, 4) is 0 Å². The molecule has 0 heterocycles. The highest BCUT2D eigenvalue weighted by Gasteiger charge is 2.29. The fraction of sp³-hybridized carbons (Fsp3) is 0.806. The zero-order valence-corrected chi connectivity index (χ0v) is 26.3. The molecular formula is C31H60O3PS+. The van der Waals surface area contributed by atoms with Gasteiger partial charge in [0.2, 0.25) is 0 Å². The molecule has 1 aromatic carbocycles. The van der Waals surface area contributed by atoms with Crippen molar-refractivity contribution in [2.75, 3.05) is 31.3 Å². The molecule has 0 aromatic heterocycles. The molecule has 0 N–H and O–H groups in total. The number of unbranched alkanes of at least 4 members (excludes halogenated alkanes) is 13. The molecular weight excluding hydrogens is 483 g/mol. The van der Waals surface area contributed by atoms with Crippen LogP contribution in [0.4, 0.5) is 0 Å². The van der Waals surface area contributed by atoms with E-state index in [2.05, 4.69) is 34.6 Å². The summed E-state index contributed by atoms with van der Waals surface area (Å²) in [5.74, 6) is 0. The third-order valence-electron chi connectivity index (χ3n) is 7.52. The highest BCUT2D eigenvalue weighted by Crippen LogP contribution is 2.58. The molecule has 0 spiro atoms. The molecule has 3 nitrogen and oxygen atoms in total. The van der Waals surface area contributed by atoms with Crippen molar-refractivity contribution >= 4 is 17.4 Å². The van der Waals surface area contributed by atoms with Crippen molar-refractivity contribution in [2.45, 2.75) is 136 Å². The summed E-state index contributed by atoms with van der Waals surface area (Å²) in [6.07, 6.45) is 25.4. The zero-order valence-electron chi connectivity index (χ0n) is 24.6. The van der Waals surface area contributed by atoms with E-state index in [9.17, 15) is 8.42 Å². The molecule has 0 aliphatic rings. The lowest BCUT2D eigenvalue weighted by molar-refractivity contribution is 0.306. The van der Waals surface area contributed by atoms with Gasteiger partial charge in [0, 0.05) is 7.26 Å². The molecule has 0 aliphatic carbocycles. The Bertz CT molecular complexity index is 679. The maximum Gasteiger partial charge on any atom is 0.296 e. The predicted molar refractivity (Wildman–Crippen MR) is 164 cm³/mol. The molecule has 0 saturated heterocycles. The molecule has 0 atom stereocenters. The van der Waals surface area contributed by atoms with Crippen molar-refractivity contribution in [1.29, 1.82) is 0 Å². The Kier molecular flexibility index (Phi) is 23.4. The van der Waals surface area contributed by atoms with Crippen LogP contribution in [0.15, 0.2) is 35.2 Å². The van der Waals surface area contributed by atoms with Crippen molar-refractivity contribution in [2.24, 2.45) is 0 Å². The SMILES string of the molecule is CCCCCCCCCCCCCCCOS(=O)(=O)c1ccccc1.CCCC[P+](CC)(CC)CC. The Labute approximate surface area is 227 Å². The summed E-state index contributed by atoms with van der Waals surface area (Å²) in [5.41, 5.74) is 0. The standard InChI is InChI=1S/C21H36O3S.C10H24P/c1-2-3-4-5-6-7-8-9-10-11-12-13-17-20-24-25(22,23)21-18-15-14-16-19-21;1-5-9-10-11(6-2,7-3)8-4/h14-16,18-19H,2-13,17,20H2,1H3;5-10H2,1-4H3/q;+1. The smallest absolute Gasteiger partial charge is 0.266 e. The van der Waals surface area contributed by atoms with Gasteiger partial charge in [0.15, 0.2) is 0 Å². The summed E-state index contributed by atoms with van der Waals surface area (Å²) < 4.78 is 28.9. The number of hydrogen-bond donors (Lipinski definition) is 0. The van der Waals surface area contributed by atoms with Gasteiger partial charge in [0.05, 0.1) is 36.2 Å². The second kappa shape index (κ2) is 23.7. The van der Waals surface area contributed by atoms with Gasteiger partial charge in [-0.3, -0.25) is 4.18 Å². The van der Waals surface area contributed by atoms with Crippen LogP contribution >= 0.6 is 7.26 Å². The largest absolute Gasteiger partial charge is 0.296 e. The summed E-state index contributed by atoms with van der Waals surface area (Å²) in [5, 5.41) is 0. The van der Waals surface area contributed by atoms with Crippen LogP contribution in [-0.4, -0.2) is 39.7 Å². The van der Waals surface area contributed by atoms with E-state index in [1.807, 2.05) is 0 Å². The first-order valence-electron chi connectivity index (χ1n) is 15.2. The minimum atomic E-state index is -3.58. The van der Waals surface area contributed by atoms with E-state index in [0.717, 1.165) is 12.8 Å². The van der Waals surface area contributed by atoms with Crippen LogP contribution < -0.4 is 0 Å². The van der Waals surface area contributed by atoms with Gasteiger partial charge in [-0.2, -0.15) is 8.42 Å². The Morgan fingerprint density at radius 2 is 1.00 bits per heavy atom. The third-order valence-corrected chi connectivity index (χ3v) is 14.1. The molecule has 36 heavy (non-hydrogen) atoms. The van der Waals surface area contributed by atoms with Gasteiger partial charge >= 0.3 is 0 Å². The summed E-state index contributed by atoms with van der Waals surface area (Å²) in [6.45, 7) is 12.0. The molecule has 0 amide bonds. The molecule has 0 aliphatic heterocycles. The number of rotatable bonds is 22. The lowest BCUT2D eigenvalue weighted by Gasteiger charge is -2.23. The predicted octanol–water partition coefficient (Wildman–Crippen LogP) is 10.3. The van der Waals surface area contributed by atoms with Gasteiger partial charge in [-0.25, -0.2) is 0 Å². The van der Waals surface area contributed by atoms with Crippen molar-refractivity contribution < 1.29 is 12.6 Å². The first-order valence-corrected chi connectivity index (χ1v) is 19.1. The normalized spacial score (nSPS) is 11.8. The van der Waals surface area contributed by atoms with Gasteiger partial charge in [0.1, 0.15) is 0 Å². The maximum absolute atomic E-state index is 11.9. The Balaban J connectivity index is 0.000000935. The van der Waals surface area contributed by atoms with Crippen LogP contribution in [-0.2, 0) is 14.3 Å². The maximum atomic E-state index is 11.9. The zero-order chi connectivity index (χ0) is 27.0. The van der Waals surface area contributed by atoms with Crippen molar-refractivity contribution in [3.05, 3.63) is 30.3 Å². The highest BCUT2D eigenvalue weighted by atomic mass is 32.2. The summed E-state index contributed by atoms with van der Waals surface area (Å²) >= 11 is 0. The highest BCUT2D eigenvalue weighted by molar-refractivity contribution is 7.86. The molecule has 1 aromatic rings. The summed E-state index contributed by atoms with van der Waals surface area (Å²) in [6, 6.07) is 8.35. The lowest BCUT2D eigenvalue weighted by Crippen LogP contribution is -2.07. The fourth-order valence-electron chi connectivity index (χ4n) is 4.58. The van der Waals surface area contributed by atoms with Crippen molar-refractivity contribution in [1.82, 2.24) is 0 Å². The van der Waals surface area contributed by atoms with Crippen LogP contribution in [0.5, 0.6) is 0 Å². The Hall–Kier alpha value is -0.440. The molecule has 0 saturated carbocycles. The van der Waals surface area contributed by atoms with E-state index in [1.165, 1.54) is 102 Å². The minimum Gasteiger partial charge on any atom is -0.266 e. The molecule has 212 valence electrons. The molecule has 0 bridgehead atoms. The molecule has 0 unspecified atom stereocenters. The van der Waals surface area contributed by atoms with Crippen LogP contribution in [0.1, 0.15) is 131 Å². The van der Waals surface area contributed by atoms with E-state index in [1.54, 1.807) is 36.5 Å². The van der Waals surface area contributed by atoms with Crippen LogP contribution in [0.25, 0.3) is 0 Å². The van der Waals surface area contributed by atoms with Gasteiger partial charge < -0.3 is 0 Å². The van der Waals surface area contributed by atoms with E-state index in [4.69, 9.17) is 4.18 Å². The monoisotopic (exact) mass is 543 g/mol. The average Bonchev–Trinajstić information content (AvgIpc) is 2.91. The molecule has 0 radical (unpaired) electrons. The topological polar surface area (TPSA) is 43.4 Å². The minimum absolute atomic E-state index is 0.240. The molecule has 1 rings (SSSR count). The van der Waals surface area contributed by atoms with Crippen LogP contribution in [0.2, 0.25) is 0 Å². The van der Waals surface area contributed by atoms with Gasteiger partial charge in [-0.1, -0.05) is 116 Å². The summed E-state index contributed by atoms with van der Waals surface area (Å²) in [4.78, 5) is 0.240. The van der Waals surface area contributed by atoms with Crippen LogP contribution in [0.3, 0.4) is 0 Å². The quantitative estimate of drug-likeness (QED) is 0.0830. The Morgan fingerprint density at radius 1 is 0.583 bits per heavy atom. The second-order valence-corrected chi connectivity index (χ2v) is 16.8. The van der Waals surface area contributed by atoms with E-state index < -0.39 is 17.4 Å². The van der Waals surface area contributed by atoms with E-state index in [-0.39, 0.29) is 11.5 Å².